The first-order chi connectivity index (χ1) is 6.95. The fourth-order valence-corrected chi connectivity index (χ4v) is 0.824. The van der Waals surface area contributed by atoms with Crippen LogP contribution in [0.2, 0.25) is 0 Å². The summed E-state index contributed by atoms with van der Waals surface area (Å²) < 4.78 is 0. The molecule has 0 fully saturated rings. The molecule has 0 saturated heterocycles. The highest BCUT2D eigenvalue weighted by molar-refractivity contribution is 5.23. The Labute approximate surface area is 79.3 Å². The molecule has 0 bridgehead atoms. The zero-order chi connectivity index (χ0) is 11.6. The van der Waals surface area contributed by atoms with Crippen LogP contribution in [0, 0.1) is 25.1 Å². The van der Waals surface area contributed by atoms with Crippen molar-refractivity contribution in [3.05, 3.63) is 30.8 Å². The second-order valence-corrected chi connectivity index (χ2v) is 2.25. The SMILES string of the molecule is O=[N+](O)c1n[nH]nc1C([N+](=O)[O-])[N+](=O)[O-]. The number of aromatic amines is 1. The van der Waals surface area contributed by atoms with Crippen molar-refractivity contribution < 1.29 is 20.0 Å². The molecule has 1 heterocycles. The third kappa shape index (κ3) is 1.82. The summed E-state index contributed by atoms with van der Waals surface area (Å²) in [5.41, 5.74) is -0.873. The van der Waals surface area contributed by atoms with Crippen molar-refractivity contribution in [2.75, 3.05) is 0 Å². The van der Waals surface area contributed by atoms with Gasteiger partial charge in [-0.2, -0.15) is 0 Å². The molecule has 0 aliphatic heterocycles. The van der Waals surface area contributed by atoms with Crippen LogP contribution in [0.4, 0.5) is 5.82 Å². The predicted octanol–water partition coefficient (Wildman–Crippen LogP) is -0.844. The van der Waals surface area contributed by atoms with E-state index < -0.39 is 32.4 Å². The van der Waals surface area contributed by atoms with E-state index in [-0.39, 0.29) is 0 Å². The Hall–Kier alpha value is -2.66. The fourth-order valence-electron chi connectivity index (χ4n) is 0.824. The minimum Gasteiger partial charge on any atom is -0.313 e. The summed E-state index contributed by atoms with van der Waals surface area (Å²) in [6.45, 7) is 0. The third-order valence-corrected chi connectivity index (χ3v) is 1.38. The number of hydrogen-bond acceptors (Lipinski definition) is 7. The van der Waals surface area contributed by atoms with Crippen LogP contribution in [0.5, 0.6) is 0 Å². The Morgan fingerprint density at radius 3 is 2.13 bits per heavy atom. The molecule has 2 N–H and O–H groups in total. The number of aromatic nitrogens is 3. The summed E-state index contributed by atoms with van der Waals surface area (Å²) in [4.78, 5) is 27.6. The lowest BCUT2D eigenvalue weighted by Gasteiger charge is -1.95. The van der Waals surface area contributed by atoms with E-state index in [2.05, 4.69) is 10.2 Å². The molecular formula is C3H3N6O6+. The van der Waals surface area contributed by atoms with Crippen molar-refractivity contribution in [3.8, 4) is 0 Å². The highest BCUT2D eigenvalue weighted by atomic mass is 16.7. The van der Waals surface area contributed by atoms with Crippen LogP contribution < -0.4 is 0 Å². The minimum atomic E-state index is -2.46. The lowest BCUT2D eigenvalue weighted by molar-refractivity contribution is -0.760. The Bertz CT molecular complexity index is 410. The summed E-state index contributed by atoms with van der Waals surface area (Å²) in [5.74, 6) is -0.923. The normalized spacial score (nSPS) is 10.2. The molecule has 0 radical (unpaired) electrons. The van der Waals surface area contributed by atoms with Gasteiger partial charge in [-0.1, -0.05) is 0 Å². The van der Waals surface area contributed by atoms with Crippen LogP contribution in [0.25, 0.3) is 0 Å². The second-order valence-electron chi connectivity index (χ2n) is 2.25. The zero-order valence-electron chi connectivity index (χ0n) is 6.80. The van der Waals surface area contributed by atoms with Gasteiger partial charge in [0.15, 0.2) is 4.92 Å². The molecule has 1 aromatic rings. The molecule has 80 valence electrons. The molecule has 0 atom stereocenters. The van der Waals surface area contributed by atoms with Gasteiger partial charge in [0, 0.05) is 0 Å². The quantitative estimate of drug-likeness (QED) is 0.375. The van der Waals surface area contributed by atoms with Crippen LogP contribution in [0.15, 0.2) is 0 Å². The molecule has 0 aliphatic carbocycles. The largest absolute Gasteiger partial charge is 0.503 e. The minimum absolute atomic E-state index is 0.848. The summed E-state index contributed by atoms with van der Waals surface area (Å²) in [6.07, 6.45) is -2.46. The molecule has 0 aliphatic rings. The van der Waals surface area contributed by atoms with Crippen molar-refractivity contribution in [3.63, 3.8) is 0 Å². The molecule has 1 aromatic heterocycles. The number of nitro groups is 2. The van der Waals surface area contributed by atoms with Crippen LogP contribution in [0.1, 0.15) is 11.9 Å². The van der Waals surface area contributed by atoms with Gasteiger partial charge >= 0.3 is 17.7 Å². The van der Waals surface area contributed by atoms with E-state index in [1.54, 1.807) is 5.21 Å². The van der Waals surface area contributed by atoms with Crippen LogP contribution in [0.3, 0.4) is 0 Å². The molecular weight excluding hydrogens is 216 g/mol. The van der Waals surface area contributed by atoms with Gasteiger partial charge in [-0.25, -0.2) is 0 Å². The van der Waals surface area contributed by atoms with E-state index >= 15 is 0 Å². The molecule has 0 unspecified atom stereocenters. The lowest BCUT2D eigenvalue weighted by atomic mass is 10.3. The molecule has 15 heavy (non-hydrogen) atoms. The van der Waals surface area contributed by atoms with E-state index in [9.17, 15) is 25.1 Å². The zero-order valence-corrected chi connectivity index (χ0v) is 6.80. The van der Waals surface area contributed by atoms with Crippen molar-refractivity contribution in [2.24, 2.45) is 0 Å². The Morgan fingerprint density at radius 1 is 1.20 bits per heavy atom. The number of rotatable bonds is 4. The van der Waals surface area contributed by atoms with Crippen LogP contribution in [-0.2, 0) is 0 Å². The van der Waals surface area contributed by atoms with Gasteiger partial charge in [-0.3, -0.25) is 20.2 Å². The van der Waals surface area contributed by atoms with E-state index in [0.29, 0.717) is 0 Å². The first-order valence-electron chi connectivity index (χ1n) is 3.29. The number of hydrogen-bond donors (Lipinski definition) is 2. The smallest absolute Gasteiger partial charge is 0.313 e. The molecule has 0 saturated carbocycles. The second kappa shape index (κ2) is 3.60. The highest BCUT2D eigenvalue weighted by Crippen LogP contribution is 2.21. The van der Waals surface area contributed by atoms with Crippen molar-refractivity contribution >= 4 is 5.82 Å². The number of nitrogens with zero attached hydrogens (tertiary/aromatic N) is 5. The Balaban J connectivity index is 3.23. The van der Waals surface area contributed by atoms with Crippen LogP contribution >= 0.6 is 0 Å². The Morgan fingerprint density at radius 2 is 1.73 bits per heavy atom. The van der Waals surface area contributed by atoms with Gasteiger partial charge in [-0.05, 0) is 4.91 Å². The van der Waals surface area contributed by atoms with Gasteiger partial charge in [0.2, 0.25) is 0 Å². The number of nitrogens with one attached hydrogen (secondary N) is 1. The maximum atomic E-state index is 10.4. The van der Waals surface area contributed by atoms with E-state index in [1.165, 1.54) is 0 Å². The standard InChI is InChI=1S/C3H3N6O6/c10-7(11)2-1(4-6-5-2)3(8(12)13)9(14)15/h3H,(H,10,11)(H,4,5,6)/q+1. The van der Waals surface area contributed by atoms with E-state index in [1.807, 2.05) is 0 Å². The average Bonchev–Trinajstić information content (AvgIpc) is 2.51. The van der Waals surface area contributed by atoms with Gasteiger partial charge in [-0.15, -0.1) is 10.3 Å². The van der Waals surface area contributed by atoms with Gasteiger partial charge < -0.3 is 5.21 Å². The Kier molecular flexibility index (Phi) is 2.50. The molecule has 1 rings (SSSR count). The summed E-state index contributed by atoms with van der Waals surface area (Å²) in [7, 11) is 0. The molecule has 0 spiro atoms. The van der Waals surface area contributed by atoms with Gasteiger partial charge in [0.05, 0.1) is 5.10 Å². The fraction of sp³-hybridized carbons (Fsp3) is 0.333. The maximum Gasteiger partial charge on any atom is 0.503 e. The average molecular weight is 219 g/mol. The first-order valence-corrected chi connectivity index (χ1v) is 3.29. The molecule has 12 nitrogen and oxygen atoms in total. The van der Waals surface area contributed by atoms with E-state index in [0.717, 1.165) is 0 Å². The summed E-state index contributed by atoms with van der Waals surface area (Å²) >= 11 is 0. The maximum absolute atomic E-state index is 10.4. The summed E-state index contributed by atoms with van der Waals surface area (Å²) in [6, 6.07) is 0. The monoisotopic (exact) mass is 219 g/mol. The van der Waals surface area contributed by atoms with E-state index in [4.69, 9.17) is 5.21 Å². The first kappa shape index (κ1) is 10.4. The third-order valence-electron chi connectivity index (χ3n) is 1.38. The van der Waals surface area contributed by atoms with Crippen molar-refractivity contribution in [1.82, 2.24) is 15.4 Å². The van der Waals surface area contributed by atoms with Gasteiger partial charge in [0.1, 0.15) is 9.85 Å². The van der Waals surface area contributed by atoms with Crippen molar-refractivity contribution in [1.29, 1.82) is 0 Å². The van der Waals surface area contributed by atoms with Crippen molar-refractivity contribution in [2.45, 2.75) is 6.17 Å². The molecule has 0 aromatic carbocycles. The highest BCUT2D eigenvalue weighted by Gasteiger charge is 2.47. The van der Waals surface area contributed by atoms with Gasteiger partial charge in [0.25, 0.3) is 0 Å². The molecule has 0 amide bonds. The topological polar surface area (TPSA) is 168 Å². The summed E-state index contributed by atoms with van der Waals surface area (Å²) in [5, 5.41) is 36.8. The predicted molar refractivity (Wildman–Crippen MR) is 38.2 cm³/mol. The molecule has 12 heteroatoms. The van der Waals surface area contributed by atoms with Crippen LogP contribution in [-0.4, -0.2) is 35.4 Å². The number of H-pyrrole nitrogens is 1. The lowest BCUT2D eigenvalue weighted by Crippen LogP contribution is -2.21.